The van der Waals surface area contributed by atoms with E-state index >= 15 is 0 Å². The van der Waals surface area contributed by atoms with Crippen LogP contribution in [0, 0.1) is 0 Å². The van der Waals surface area contributed by atoms with Crippen LogP contribution in [0.1, 0.15) is 131 Å². The number of hydrogen-bond acceptors (Lipinski definition) is 10. The van der Waals surface area contributed by atoms with E-state index in [0.29, 0.717) is 40.4 Å². The van der Waals surface area contributed by atoms with E-state index < -0.39 is 106 Å². The molecule has 3 heterocycles. The number of aliphatic hydroxyl groups is 2. The monoisotopic (exact) mass is 1860 g/mol. The van der Waals surface area contributed by atoms with Crippen LogP contribution in [-0.2, 0) is 82.6 Å². The third-order valence-electron chi connectivity index (χ3n) is 21.8. The molecule has 0 bridgehead atoms. The minimum Gasteiger partial charge on any atom is -0.413 e. The van der Waals surface area contributed by atoms with Gasteiger partial charge in [-0.3, -0.25) is 43.5 Å². The number of amides is 6. The fourth-order valence-electron chi connectivity index (χ4n) is 13.2. The maximum absolute atomic E-state index is 14.3. The lowest BCUT2D eigenvalue weighted by Crippen LogP contribution is -2.40. The first-order chi connectivity index (χ1) is 57.8. The molecular formula is C94H99Br2F9N6O10Si2. The highest BCUT2D eigenvalue weighted by Gasteiger charge is 2.47. The molecular weight excluding hydrogens is 1760 g/mol. The van der Waals surface area contributed by atoms with Crippen molar-refractivity contribution in [3.8, 4) is 0 Å². The number of benzene rings is 10. The lowest BCUT2D eigenvalue weighted by molar-refractivity contribution is -0.138. The van der Waals surface area contributed by atoms with Crippen molar-refractivity contribution in [2.45, 2.75) is 162 Å². The number of anilines is 9. The molecule has 10 aromatic rings. The molecule has 29 heteroatoms. The van der Waals surface area contributed by atoms with Gasteiger partial charge in [-0.25, -0.2) is 0 Å². The molecule has 3 aliphatic rings. The van der Waals surface area contributed by atoms with Crippen LogP contribution in [0.3, 0.4) is 0 Å². The molecule has 650 valence electrons. The summed E-state index contributed by atoms with van der Waals surface area (Å²) in [5.41, 5.74) is 3.59. The van der Waals surface area contributed by atoms with Gasteiger partial charge < -0.3 is 33.8 Å². The third kappa shape index (κ3) is 23.6. The topological polar surface area (TPSA) is 181 Å². The van der Waals surface area contributed by atoms with Crippen molar-refractivity contribution in [1.29, 1.82) is 0 Å². The highest BCUT2D eigenvalue weighted by Crippen LogP contribution is 2.49. The lowest BCUT2D eigenvalue weighted by Gasteiger charge is -2.36. The molecule has 0 aromatic heterocycles. The number of fused-ring (bicyclic) bond motifs is 3. The number of rotatable bonds is 16. The van der Waals surface area contributed by atoms with E-state index in [0.717, 1.165) is 63.1 Å². The van der Waals surface area contributed by atoms with Crippen molar-refractivity contribution in [2.24, 2.45) is 0 Å². The summed E-state index contributed by atoms with van der Waals surface area (Å²) in [6.07, 6.45) is -14.2. The fourth-order valence-corrected chi connectivity index (χ4v) is 16.0. The van der Waals surface area contributed by atoms with Crippen LogP contribution in [0.5, 0.6) is 0 Å². The molecule has 123 heavy (non-hydrogen) atoms. The summed E-state index contributed by atoms with van der Waals surface area (Å²) in [6, 6.07) is 63.9. The highest BCUT2D eigenvalue weighted by atomic mass is 79.9. The molecule has 2 atom stereocenters. The number of carbonyl (C=O) groups is 6. The van der Waals surface area contributed by atoms with E-state index in [1.54, 1.807) is 154 Å². The molecule has 13 rings (SSSR count). The van der Waals surface area contributed by atoms with E-state index in [9.17, 15) is 73.4 Å². The van der Waals surface area contributed by atoms with Gasteiger partial charge in [0.05, 0.1) is 77.2 Å². The van der Waals surface area contributed by atoms with E-state index in [1.807, 2.05) is 36.4 Å². The van der Waals surface area contributed by atoms with Gasteiger partial charge in [-0.2, -0.15) is 39.5 Å². The smallest absolute Gasteiger partial charge is 0.413 e. The Kier molecular flexibility index (Phi) is 31.8. The Morgan fingerprint density at radius 2 is 0.650 bits per heavy atom. The largest absolute Gasteiger partial charge is 0.416 e. The van der Waals surface area contributed by atoms with Crippen LogP contribution in [-0.4, -0.2) is 81.9 Å². The van der Waals surface area contributed by atoms with Crippen LogP contribution in [0.4, 0.5) is 90.7 Å². The van der Waals surface area contributed by atoms with Crippen molar-refractivity contribution < 1.29 is 87.3 Å². The lowest BCUT2D eigenvalue weighted by atomic mass is 9.94. The standard InChI is InChI=1S/C31H35F3N2O3Si.C25H21F3N2O3.C18H15F3N2O2.C13H21BrOSi.C7H7BrO/c1-7-35-25-17-16-23(31(32,33)34)19-26(25)36(24-14-9-8-10-15-24)29(38)27(28(35)37)22-13-11-12-21(18-22)20-39-40(5,6)30(2,3)4;1-2-29-20-12-11-18(25(26,27)28)14-21(20)30(19-9-4-3-5-10-19)24(33)22(23(29)32)17-8-6-7-16(13-17)15-31;1-2-22-14-9-8-12(18(19,20)21)10-15(14)23(17(25)11-16(22)24)13-6-4-3-5-7-13;1-13(2,3)16(4,5)15-10-11-7-6-8-12(14)9-11;8-7-3-1-2-6(4-7)5-9/h8-19,27H,7,20H2,1-6H3;3-14,22,31H,2,15H2,1H3;3-10H,2,11H2,1H3;6-9H,10H2,1-5H3;1-4,9H,5H2. The molecule has 6 amide bonds. The Labute approximate surface area is 730 Å². The first-order valence-corrected chi connectivity index (χ1v) is 47.1. The number of likely N-dealkylation sites (N-methyl/N-ethyl adjacent to an activating group) is 2. The Balaban J connectivity index is 0.000000186. The van der Waals surface area contributed by atoms with E-state index in [4.69, 9.17) is 14.0 Å². The third-order valence-corrected chi connectivity index (χ3v) is 31.8. The van der Waals surface area contributed by atoms with Crippen LogP contribution in [0.25, 0.3) is 0 Å². The van der Waals surface area contributed by atoms with E-state index in [1.165, 1.54) is 53.2 Å². The minimum absolute atomic E-state index is 0.0106. The van der Waals surface area contributed by atoms with Crippen molar-refractivity contribution in [2.75, 3.05) is 49.0 Å². The Morgan fingerprint density at radius 1 is 0.350 bits per heavy atom. The van der Waals surface area contributed by atoms with Gasteiger partial charge in [0.25, 0.3) is 0 Å². The number of para-hydroxylation sites is 3. The summed E-state index contributed by atoms with van der Waals surface area (Å²) in [6.45, 7) is 28.7. The average Bonchev–Trinajstić information content (AvgIpc) is 1.65. The summed E-state index contributed by atoms with van der Waals surface area (Å²) >= 11 is 6.77. The molecule has 10 aromatic carbocycles. The van der Waals surface area contributed by atoms with Gasteiger partial charge in [0.2, 0.25) is 35.4 Å². The maximum atomic E-state index is 14.3. The van der Waals surface area contributed by atoms with Gasteiger partial charge in [-0.15, -0.1) is 0 Å². The van der Waals surface area contributed by atoms with Crippen molar-refractivity contribution in [1.82, 2.24) is 0 Å². The van der Waals surface area contributed by atoms with Gasteiger partial charge in [-0.1, -0.05) is 201 Å². The van der Waals surface area contributed by atoms with Crippen molar-refractivity contribution >= 4 is 135 Å². The second kappa shape index (κ2) is 40.5. The van der Waals surface area contributed by atoms with Gasteiger partial charge in [0, 0.05) is 45.6 Å². The number of nitrogens with zero attached hydrogens (tertiary/aromatic N) is 6. The summed E-state index contributed by atoms with van der Waals surface area (Å²) in [7, 11) is -3.68. The number of carbonyl (C=O) groups excluding carboxylic acids is 6. The first-order valence-electron chi connectivity index (χ1n) is 39.7. The van der Waals surface area contributed by atoms with Crippen LogP contribution < -0.4 is 29.4 Å². The number of alkyl halides is 9. The van der Waals surface area contributed by atoms with Gasteiger partial charge in [0.1, 0.15) is 18.3 Å². The zero-order chi connectivity index (χ0) is 90.5. The Morgan fingerprint density at radius 3 is 0.976 bits per heavy atom. The average molecular weight is 1860 g/mol. The van der Waals surface area contributed by atoms with E-state index in [-0.39, 0.29) is 77.0 Å². The second-order valence-corrected chi connectivity index (χ2v) is 43.6. The van der Waals surface area contributed by atoms with Gasteiger partial charge >= 0.3 is 18.5 Å². The van der Waals surface area contributed by atoms with Crippen LogP contribution in [0.15, 0.2) is 252 Å². The predicted octanol–water partition coefficient (Wildman–Crippen LogP) is 24.1. The maximum Gasteiger partial charge on any atom is 0.416 e. The summed E-state index contributed by atoms with van der Waals surface area (Å²) < 4.78 is 136. The molecule has 16 nitrogen and oxygen atoms in total. The van der Waals surface area contributed by atoms with Gasteiger partial charge in [0.15, 0.2) is 16.6 Å². The predicted molar refractivity (Wildman–Crippen MR) is 476 cm³/mol. The highest BCUT2D eigenvalue weighted by molar-refractivity contribution is 9.10. The molecule has 2 unspecified atom stereocenters. The van der Waals surface area contributed by atoms with Crippen molar-refractivity contribution in [3.63, 3.8) is 0 Å². The van der Waals surface area contributed by atoms with Crippen LogP contribution >= 0.6 is 31.9 Å². The zero-order valence-electron chi connectivity index (χ0n) is 70.4. The molecule has 0 aliphatic carbocycles. The Hall–Kier alpha value is -10.4. The minimum atomic E-state index is -4.62. The zero-order valence-corrected chi connectivity index (χ0v) is 75.6. The molecule has 0 saturated carbocycles. The molecule has 0 fully saturated rings. The first kappa shape index (κ1) is 96.4. The molecule has 2 N–H and O–H groups in total. The van der Waals surface area contributed by atoms with Crippen LogP contribution in [0.2, 0.25) is 36.3 Å². The SMILES string of the molecule is CC(C)(C)[Si](C)(C)OCc1cccc(Br)c1.CCN1C(=O)C(c2cccc(CO)c2)C(=O)N(c2ccccc2)c2cc(C(F)(F)F)ccc21.CCN1C(=O)C(c2cccc(CO[Si](C)(C)C(C)(C)C)c2)C(=O)N(c2ccccc2)c2cc(C(F)(F)F)ccc21.CCN1C(=O)CC(=O)N(c2ccccc2)c2cc(C(F)(F)F)ccc21.OCc1cccc(Br)c1. The molecule has 0 saturated heterocycles. The summed E-state index contributed by atoms with van der Waals surface area (Å²) in [4.78, 5) is 88.3. The molecule has 3 aliphatic heterocycles. The quantitative estimate of drug-likeness (QED) is 0.0537. The molecule has 0 radical (unpaired) electrons. The summed E-state index contributed by atoms with van der Waals surface area (Å²) in [5.74, 6) is -5.87. The Bertz CT molecular complexity index is 5390. The van der Waals surface area contributed by atoms with Crippen molar-refractivity contribution in [3.05, 3.63) is 302 Å². The number of hydrogen-bond donors (Lipinski definition) is 2. The van der Waals surface area contributed by atoms with Gasteiger partial charge in [-0.05, 0) is 206 Å². The molecule has 0 spiro atoms. The van der Waals surface area contributed by atoms with E-state index in [2.05, 4.69) is 118 Å². The summed E-state index contributed by atoms with van der Waals surface area (Å²) in [5, 5.41) is 18.5. The second-order valence-electron chi connectivity index (χ2n) is 32.2. The number of aliphatic hydroxyl groups excluding tert-OH is 2. The number of halogens is 11. The normalized spacial score (nSPS) is 15.3. The fraction of sp³-hybridized carbons (Fsp3) is 0.298.